The zero-order valence-corrected chi connectivity index (χ0v) is 20.6. The molecule has 1 amide bonds. The molecule has 1 N–H and O–H groups in total. The molecule has 8 heteroatoms. The van der Waals surface area contributed by atoms with E-state index >= 15 is 0 Å². The van der Waals surface area contributed by atoms with Crippen LogP contribution in [-0.2, 0) is 14.3 Å². The van der Waals surface area contributed by atoms with Crippen molar-refractivity contribution in [2.45, 2.75) is 12.5 Å². The molecule has 1 unspecified atom stereocenters. The van der Waals surface area contributed by atoms with Crippen LogP contribution in [-0.4, -0.2) is 87.8 Å². The van der Waals surface area contributed by atoms with Gasteiger partial charge in [0.2, 0.25) is 5.91 Å². The highest BCUT2D eigenvalue weighted by Gasteiger charge is 2.20. The van der Waals surface area contributed by atoms with Crippen molar-refractivity contribution < 1.29 is 28.8 Å². The Morgan fingerprint density at radius 3 is 2.51 bits per heavy atom. The molecule has 190 valence electrons. The normalized spacial score (nSPS) is 15.3. The molecule has 1 fully saturated rings. The van der Waals surface area contributed by atoms with Gasteiger partial charge in [-0.25, -0.2) is 0 Å². The van der Waals surface area contributed by atoms with Gasteiger partial charge in [-0.15, -0.1) is 0 Å². The molecule has 1 aliphatic rings. The molecule has 0 saturated carbocycles. The molecule has 0 aromatic heterocycles. The van der Waals surface area contributed by atoms with Crippen LogP contribution in [0.25, 0.3) is 6.08 Å². The van der Waals surface area contributed by atoms with Gasteiger partial charge >= 0.3 is 0 Å². The van der Waals surface area contributed by atoms with Crippen molar-refractivity contribution in [1.29, 1.82) is 0 Å². The zero-order chi connectivity index (χ0) is 24.9. The maximum atomic E-state index is 12.7. The van der Waals surface area contributed by atoms with Crippen LogP contribution in [0.2, 0.25) is 0 Å². The van der Waals surface area contributed by atoms with Gasteiger partial charge in [0, 0.05) is 45.9 Å². The Kier molecular flexibility index (Phi) is 11.0. The number of ether oxygens (including phenoxy) is 4. The minimum atomic E-state index is -0.462. The van der Waals surface area contributed by atoms with E-state index in [4.69, 9.17) is 18.9 Å². The second kappa shape index (κ2) is 14.5. The molecule has 8 nitrogen and oxygen atoms in total. The van der Waals surface area contributed by atoms with E-state index < -0.39 is 6.10 Å². The van der Waals surface area contributed by atoms with Crippen LogP contribution < -0.4 is 9.47 Å². The highest BCUT2D eigenvalue weighted by Crippen LogP contribution is 2.28. The van der Waals surface area contributed by atoms with Gasteiger partial charge in [-0.05, 0) is 35.8 Å². The molecular weight excluding hydrogens is 448 g/mol. The summed E-state index contributed by atoms with van der Waals surface area (Å²) in [6.07, 6.45) is 3.60. The topological polar surface area (TPSA) is 80.7 Å². The van der Waals surface area contributed by atoms with E-state index in [1.807, 2.05) is 47.4 Å². The third-order valence-corrected chi connectivity index (χ3v) is 5.92. The summed E-state index contributed by atoms with van der Waals surface area (Å²) in [5.41, 5.74) is 1.79. The Balaban J connectivity index is 1.42. The third kappa shape index (κ3) is 8.67. The number of amides is 1. The van der Waals surface area contributed by atoms with Gasteiger partial charge in [-0.2, -0.15) is 0 Å². The lowest BCUT2D eigenvalue weighted by atomic mass is 10.1. The SMILES string of the molecule is COCCOCOc1ccc(C=CC(=O)N2CCN(CCC(O)c3ccccc3)CC2)cc1OC. The maximum absolute atomic E-state index is 12.7. The van der Waals surface area contributed by atoms with E-state index in [0.717, 1.165) is 30.8 Å². The number of rotatable bonds is 13. The minimum absolute atomic E-state index is 0.0141. The Hall–Kier alpha value is -2.91. The summed E-state index contributed by atoms with van der Waals surface area (Å²) in [4.78, 5) is 16.8. The highest BCUT2D eigenvalue weighted by atomic mass is 16.7. The third-order valence-electron chi connectivity index (χ3n) is 5.92. The number of nitrogens with zero attached hydrogens (tertiary/aromatic N) is 2. The zero-order valence-electron chi connectivity index (χ0n) is 20.6. The van der Waals surface area contributed by atoms with E-state index in [0.29, 0.717) is 44.2 Å². The van der Waals surface area contributed by atoms with E-state index in [1.165, 1.54) is 0 Å². The standard InChI is InChI=1S/C27H36N2O6/c1-32-18-19-34-21-35-25-10-8-22(20-26(25)33-2)9-11-27(31)29-16-14-28(15-17-29)13-12-24(30)23-6-4-3-5-7-23/h3-11,20,24,30H,12-19,21H2,1-2H3. The van der Waals surface area contributed by atoms with Crippen LogP contribution in [0.1, 0.15) is 23.7 Å². The van der Waals surface area contributed by atoms with Gasteiger partial charge in [-0.1, -0.05) is 36.4 Å². The predicted molar refractivity (Wildman–Crippen MR) is 134 cm³/mol. The largest absolute Gasteiger partial charge is 0.493 e. The lowest BCUT2D eigenvalue weighted by Crippen LogP contribution is -2.48. The Labute approximate surface area is 207 Å². The molecule has 3 rings (SSSR count). The number of piperazine rings is 1. The quantitative estimate of drug-likeness (QED) is 0.266. The first-order chi connectivity index (χ1) is 17.1. The average molecular weight is 485 g/mol. The van der Waals surface area contributed by atoms with Crippen LogP contribution in [0.5, 0.6) is 11.5 Å². The number of methoxy groups -OCH3 is 2. The molecule has 2 aromatic carbocycles. The number of carbonyl (C=O) groups is 1. The highest BCUT2D eigenvalue weighted by molar-refractivity contribution is 5.92. The molecule has 0 bridgehead atoms. The van der Waals surface area contributed by atoms with Crippen molar-refractivity contribution in [3.05, 3.63) is 65.7 Å². The first kappa shape index (κ1) is 26.7. The molecule has 0 aliphatic carbocycles. The number of aliphatic hydroxyl groups is 1. The first-order valence-corrected chi connectivity index (χ1v) is 11.9. The predicted octanol–water partition coefficient (Wildman–Crippen LogP) is 2.98. The monoisotopic (exact) mass is 484 g/mol. The lowest BCUT2D eigenvalue weighted by molar-refractivity contribution is -0.127. The number of aliphatic hydroxyl groups excluding tert-OH is 1. The van der Waals surface area contributed by atoms with Gasteiger partial charge in [0.25, 0.3) is 0 Å². The van der Waals surface area contributed by atoms with Crippen molar-refractivity contribution in [3.63, 3.8) is 0 Å². The molecule has 0 radical (unpaired) electrons. The summed E-state index contributed by atoms with van der Waals surface area (Å²) >= 11 is 0. The Bertz CT molecular complexity index is 929. The fourth-order valence-corrected chi connectivity index (χ4v) is 3.82. The van der Waals surface area contributed by atoms with Crippen LogP contribution in [0.15, 0.2) is 54.6 Å². The number of hydrogen-bond acceptors (Lipinski definition) is 7. The lowest BCUT2D eigenvalue weighted by Gasteiger charge is -2.34. The second-order valence-corrected chi connectivity index (χ2v) is 8.29. The minimum Gasteiger partial charge on any atom is -0.493 e. The average Bonchev–Trinajstić information content (AvgIpc) is 2.91. The van der Waals surface area contributed by atoms with Crippen molar-refractivity contribution in [3.8, 4) is 11.5 Å². The van der Waals surface area contributed by atoms with Gasteiger partial charge in [0.05, 0.1) is 26.4 Å². The number of benzene rings is 2. The van der Waals surface area contributed by atoms with Gasteiger partial charge in [0.15, 0.2) is 18.3 Å². The summed E-state index contributed by atoms with van der Waals surface area (Å²) in [7, 11) is 3.19. The van der Waals surface area contributed by atoms with E-state index in [1.54, 1.807) is 32.4 Å². The molecule has 1 aliphatic heterocycles. The molecule has 0 spiro atoms. The summed E-state index contributed by atoms with van der Waals surface area (Å²) in [5.74, 6) is 1.13. The first-order valence-electron chi connectivity index (χ1n) is 11.9. The maximum Gasteiger partial charge on any atom is 0.246 e. The number of hydrogen-bond donors (Lipinski definition) is 1. The summed E-state index contributed by atoms with van der Waals surface area (Å²) in [6.45, 7) is 4.80. The Morgan fingerprint density at radius 1 is 1.03 bits per heavy atom. The van der Waals surface area contributed by atoms with Crippen LogP contribution in [0.4, 0.5) is 0 Å². The Morgan fingerprint density at radius 2 is 1.80 bits per heavy atom. The number of carbonyl (C=O) groups excluding carboxylic acids is 1. The molecule has 1 atom stereocenters. The fraction of sp³-hybridized carbons (Fsp3) is 0.444. The van der Waals surface area contributed by atoms with Crippen molar-refractivity contribution in [1.82, 2.24) is 9.80 Å². The molecule has 2 aromatic rings. The van der Waals surface area contributed by atoms with E-state index in [-0.39, 0.29) is 12.7 Å². The van der Waals surface area contributed by atoms with E-state index in [9.17, 15) is 9.90 Å². The van der Waals surface area contributed by atoms with Gasteiger partial charge < -0.3 is 29.0 Å². The van der Waals surface area contributed by atoms with E-state index in [2.05, 4.69) is 4.90 Å². The van der Waals surface area contributed by atoms with Gasteiger partial charge in [-0.3, -0.25) is 9.69 Å². The van der Waals surface area contributed by atoms with Crippen molar-refractivity contribution >= 4 is 12.0 Å². The van der Waals surface area contributed by atoms with Crippen LogP contribution in [0, 0.1) is 0 Å². The molecule has 1 saturated heterocycles. The van der Waals surface area contributed by atoms with Crippen LogP contribution >= 0.6 is 0 Å². The summed E-state index contributed by atoms with van der Waals surface area (Å²) in [6, 6.07) is 15.2. The van der Waals surface area contributed by atoms with Crippen LogP contribution in [0.3, 0.4) is 0 Å². The molecule has 1 heterocycles. The molecular formula is C27H36N2O6. The molecule has 35 heavy (non-hydrogen) atoms. The van der Waals surface area contributed by atoms with Crippen molar-refractivity contribution in [2.75, 3.05) is 67.0 Å². The fourth-order valence-electron chi connectivity index (χ4n) is 3.82. The smallest absolute Gasteiger partial charge is 0.246 e. The van der Waals surface area contributed by atoms with Crippen molar-refractivity contribution in [2.24, 2.45) is 0 Å². The summed E-state index contributed by atoms with van der Waals surface area (Å²) < 4.78 is 21.3. The second-order valence-electron chi connectivity index (χ2n) is 8.29. The van der Waals surface area contributed by atoms with Gasteiger partial charge in [0.1, 0.15) is 0 Å². The summed E-state index contributed by atoms with van der Waals surface area (Å²) in [5, 5.41) is 10.4.